The van der Waals surface area contributed by atoms with Crippen LogP contribution in [0, 0.1) is 0 Å². The van der Waals surface area contributed by atoms with Crippen molar-refractivity contribution in [2.75, 3.05) is 18.1 Å². The first-order valence-electron chi connectivity index (χ1n) is 6.79. The number of rotatable bonds is 9. The van der Waals surface area contributed by atoms with Crippen LogP contribution in [0.3, 0.4) is 0 Å². The van der Waals surface area contributed by atoms with E-state index in [0.717, 1.165) is 18.9 Å². The molecule has 0 radical (unpaired) electrons. The van der Waals surface area contributed by atoms with E-state index in [-0.39, 0.29) is 0 Å². The minimum atomic E-state index is 0.554. The van der Waals surface area contributed by atoms with Crippen molar-refractivity contribution in [2.45, 2.75) is 39.8 Å². The van der Waals surface area contributed by atoms with Gasteiger partial charge in [-0.2, -0.15) is 11.8 Å². The molecule has 18 heavy (non-hydrogen) atoms. The van der Waals surface area contributed by atoms with E-state index in [1.54, 1.807) is 0 Å². The largest absolute Gasteiger partial charge is 0.494 e. The fraction of sp³-hybridized carbons (Fsp3) is 0.600. The quantitative estimate of drug-likeness (QED) is 0.689. The molecule has 102 valence electrons. The van der Waals surface area contributed by atoms with Crippen LogP contribution in [0.15, 0.2) is 24.3 Å². The van der Waals surface area contributed by atoms with Crippen molar-refractivity contribution in [3.05, 3.63) is 29.8 Å². The second-order valence-electron chi connectivity index (χ2n) is 4.31. The Morgan fingerprint density at radius 2 is 2.06 bits per heavy atom. The van der Waals surface area contributed by atoms with Crippen LogP contribution in [-0.2, 0) is 6.54 Å². The average molecular weight is 267 g/mol. The fourth-order valence-electron chi connectivity index (χ4n) is 1.74. The number of hydrogen-bond acceptors (Lipinski definition) is 3. The van der Waals surface area contributed by atoms with Gasteiger partial charge in [-0.15, -0.1) is 0 Å². The van der Waals surface area contributed by atoms with Crippen molar-refractivity contribution in [2.24, 2.45) is 0 Å². The third-order valence-electron chi connectivity index (χ3n) is 2.81. The first kappa shape index (κ1) is 15.4. The van der Waals surface area contributed by atoms with Crippen molar-refractivity contribution < 1.29 is 4.74 Å². The van der Waals surface area contributed by atoms with E-state index in [1.807, 2.05) is 30.8 Å². The summed E-state index contributed by atoms with van der Waals surface area (Å²) in [6.07, 6.45) is 1.22. The molecule has 0 fully saturated rings. The Morgan fingerprint density at radius 1 is 1.28 bits per heavy atom. The molecule has 1 unspecified atom stereocenters. The Labute approximate surface area is 116 Å². The standard InChI is InChI=1S/C15H25NOS/c1-4-17-15-9-7-6-8-14(15)12-16-13(3)10-11-18-5-2/h6-9,13,16H,4-5,10-12H2,1-3H3. The number of para-hydroxylation sites is 1. The first-order chi connectivity index (χ1) is 8.77. The maximum atomic E-state index is 5.62. The molecule has 0 heterocycles. The molecule has 0 aliphatic heterocycles. The molecule has 3 heteroatoms. The zero-order valence-corrected chi connectivity index (χ0v) is 12.6. The summed E-state index contributed by atoms with van der Waals surface area (Å²) in [4.78, 5) is 0. The highest BCUT2D eigenvalue weighted by Gasteiger charge is 2.05. The summed E-state index contributed by atoms with van der Waals surface area (Å²) < 4.78 is 5.62. The molecule has 1 atom stereocenters. The number of benzene rings is 1. The highest BCUT2D eigenvalue weighted by molar-refractivity contribution is 7.99. The third-order valence-corrected chi connectivity index (χ3v) is 3.75. The molecule has 0 bridgehead atoms. The van der Waals surface area contributed by atoms with Gasteiger partial charge in [0.25, 0.3) is 0 Å². The minimum absolute atomic E-state index is 0.554. The van der Waals surface area contributed by atoms with Gasteiger partial charge < -0.3 is 10.1 Å². The van der Waals surface area contributed by atoms with Crippen LogP contribution in [0.1, 0.15) is 32.8 Å². The number of ether oxygens (including phenoxy) is 1. The molecule has 0 spiro atoms. The lowest BCUT2D eigenvalue weighted by molar-refractivity contribution is 0.334. The van der Waals surface area contributed by atoms with E-state index in [1.165, 1.54) is 23.5 Å². The topological polar surface area (TPSA) is 21.3 Å². The van der Waals surface area contributed by atoms with Crippen molar-refractivity contribution in [1.29, 1.82) is 0 Å². The van der Waals surface area contributed by atoms with E-state index in [9.17, 15) is 0 Å². The monoisotopic (exact) mass is 267 g/mol. The average Bonchev–Trinajstić information content (AvgIpc) is 2.38. The van der Waals surface area contributed by atoms with E-state index < -0.39 is 0 Å². The molecule has 0 amide bonds. The predicted octanol–water partition coefficient (Wildman–Crippen LogP) is 3.71. The van der Waals surface area contributed by atoms with Crippen molar-refractivity contribution >= 4 is 11.8 Å². The summed E-state index contributed by atoms with van der Waals surface area (Å²) in [6, 6.07) is 8.81. The Morgan fingerprint density at radius 3 is 2.78 bits per heavy atom. The fourth-order valence-corrected chi connectivity index (χ4v) is 2.55. The van der Waals surface area contributed by atoms with Gasteiger partial charge in [0.05, 0.1) is 6.61 Å². The Hall–Kier alpha value is -0.670. The second kappa shape index (κ2) is 9.29. The smallest absolute Gasteiger partial charge is 0.123 e. The number of nitrogens with one attached hydrogen (secondary N) is 1. The molecule has 1 rings (SSSR count). The normalized spacial score (nSPS) is 12.4. The number of thioether (sulfide) groups is 1. The second-order valence-corrected chi connectivity index (χ2v) is 5.70. The molecule has 0 saturated heterocycles. The van der Waals surface area contributed by atoms with Crippen LogP contribution in [0.2, 0.25) is 0 Å². The van der Waals surface area contributed by atoms with Gasteiger partial charge >= 0.3 is 0 Å². The lowest BCUT2D eigenvalue weighted by atomic mass is 10.2. The summed E-state index contributed by atoms with van der Waals surface area (Å²) >= 11 is 2.00. The maximum absolute atomic E-state index is 5.62. The van der Waals surface area contributed by atoms with Gasteiger partial charge in [-0.3, -0.25) is 0 Å². The van der Waals surface area contributed by atoms with Crippen LogP contribution < -0.4 is 10.1 Å². The lowest BCUT2D eigenvalue weighted by Gasteiger charge is -2.15. The lowest BCUT2D eigenvalue weighted by Crippen LogP contribution is -2.26. The van der Waals surface area contributed by atoms with Gasteiger partial charge in [0.15, 0.2) is 0 Å². The van der Waals surface area contributed by atoms with Crippen molar-refractivity contribution in [3.8, 4) is 5.75 Å². The molecule has 1 aromatic rings. The van der Waals surface area contributed by atoms with Gasteiger partial charge in [0.1, 0.15) is 5.75 Å². The van der Waals surface area contributed by atoms with E-state index in [0.29, 0.717) is 6.04 Å². The molecule has 1 aromatic carbocycles. The molecule has 0 aromatic heterocycles. The van der Waals surface area contributed by atoms with Gasteiger partial charge in [0.2, 0.25) is 0 Å². The van der Waals surface area contributed by atoms with Crippen LogP contribution in [0.25, 0.3) is 0 Å². The molecule has 0 aliphatic rings. The Bertz CT molecular complexity index is 330. The van der Waals surface area contributed by atoms with E-state index >= 15 is 0 Å². The summed E-state index contributed by atoms with van der Waals surface area (Å²) in [5.41, 5.74) is 1.24. The number of hydrogen-bond donors (Lipinski definition) is 1. The summed E-state index contributed by atoms with van der Waals surface area (Å²) in [6.45, 7) is 8.09. The van der Waals surface area contributed by atoms with Gasteiger partial charge in [-0.25, -0.2) is 0 Å². The van der Waals surface area contributed by atoms with Crippen LogP contribution in [0.5, 0.6) is 5.75 Å². The van der Waals surface area contributed by atoms with Crippen LogP contribution >= 0.6 is 11.8 Å². The minimum Gasteiger partial charge on any atom is -0.494 e. The van der Waals surface area contributed by atoms with Gasteiger partial charge in [-0.1, -0.05) is 25.1 Å². The first-order valence-corrected chi connectivity index (χ1v) is 7.95. The Balaban J connectivity index is 2.37. The zero-order chi connectivity index (χ0) is 13.2. The summed E-state index contributed by atoms with van der Waals surface area (Å²) in [7, 11) is 0. The predicted molar refractivity (Wildman–Crippen MR) is 81.5 cm³/mol. The summed E-state index contributed by atoms with van der Waals surface area (Å²) in [5.74, 6) is 3.44. The molecule has 2 nitrogen and oxygen atoms in total. The molecular formula is C15H25NOS. The molecular weight excluding hydrogens is 242 g/mol. The van der Waals surface area contributed by atoms with Crippen molar-refractivity contribution in [3.63, 3.8) is 0 Å². The highest BCUT2D eigenvalue weighted by atomic mass is 32.2. The molecule has 0 saturated carbocycles. The van der Waals surface area contributed by atoms with Gasteiger partial charge in [0, 0.05) is 18.2 Å². The molecule has 1 N–H and O–H groups in total. The summed E-state index contributed by atoms with van der Waals surface area (Å²) in [5, 5.41) is 3.56. The van der Waals surface area contributed by atoms with Crippen molar-refractivity contribution in [1.82, 2.24) is 5.32 Å². The van der Waals surface area contributed by atoms with E-state index in [2.05, 4.69) is 31.3 Å². The highest BCUT2D eigenvalue weighted by Crippen LogP contribution is 2.17. The van der Waals surface area contributed by atoms with E-state index in [4.69, 9.17) is 4.74 Å². The third kappa shape index (κ3) is 5.78. The van der Waals surface area contributed by atoms with Crippen LogP contribution in [0.4, 0.5) is 0 Å². The van der Waals surface area contributed by atoms with Gasteiger partial charge in [-0.05, 0) is 37.8 Å². The maximum Gasteiger partial charge on any atom is 0.123 e. The SMILES string of the molecule is CCOc1ccccc1CNC(C)CCSCC. The Kier molecular flexibility index (Phi) is 7.94. The zero-order valence-electron chi connectivity index (χ0n) is 11.7. The molecule has 0 aliphatic carbocycles. The van der Waals surface area contributed by atoms with Crippen LogP contribution in [-0.4, -0.2) is 24.2 Å².